The largest absolute Gasteiger partial charge is 0.399 e. The minimum Gasteiger partial charge on any atom is -0.399 e. The van der Waals surface area contributed by atoms with Crippen LogP contribution in [0.2, 0.25) is 0 Å². The molecule has 120 valence electrons. The van der Waals surface area contributed by atoms with Crippen molar-refractivity contribution in [2.45, 2.75) is 25.3 Å². The molecule has 2 fully saturated rings. The molecule has 22 heavy (non-hydrogen) atoms. The Morgan fingerprint density at radius 3 is 2.36 bits per heavy atom. The molecule has 3 rings (SSSR count). The standard InChI is InChI=1S/C17H25N3O2/c18-15-3-1-14(2-4-15)13-17(21)20-9-7-19(8-10-20)16-5-11-22-12-6-16/h1-4,16H,5-13,18H2. The van der Waals surface area contributed by atoms with Gasteiger partial charge in [0.05, 0.1) is 6.42 Å². The number of carbonyl (C=O) groups excluding carboxylic acids is 1. The van der Waals surface area contributed by atoms with Crippen LogP contribution in [0.15, 0.2) is 24.3 Å². The second-order valence-electron chi connectivity index (χ2n) is 6.18. The molecule has 0 aromatic heterocycles. The molecule has 0 spiro atoms. The van der Waals surface area contributed by atoms with Crippen LogP contribution in [0.4, 0.5) is 5.69 Å². The minimum absolute atomic E-state index is 0.219. The first kappa shape index (κ1) is 15.3. The van der Waals surface area contributed by atoms with Crippen LogP contribution in [0.1, 0.15) is 18.4 Å². The van der Waals surface area contributed by atoms with E-state index in [4.69, 9.17) is 10.5 Å². The van der Waals surface area contributed by atoms with Crippen LogP contribution in [0.25, 0.3) is 0 Å². The lowest BCUT2D eigenvalue weighted by atomic mass is 10.1. The van der Waals surface area contributed by atoms with Gasteiger partial charge in [0.25, 0.3) is 0 Å². The Balaban J connectivity index is 1.48. The maximum Gasteiger partial charge on any atom is 0.227 e. The van der Waals surface area contributed by atoms with Crippen molar-refractivity contribution in [2.24, 2.45) is 0 Å². The SMILES string of the molecule is Nc1ccc(CC(=O)N2CCN(C3CCOCC3)CC2)cc1. The predicted octanol–water partition coefficient (Wildman–Crippen LogP) is 1.13. The highest BCUT2D eigenvalue weighted by molar-refractivity contribution is 5.79. The molecular formula is C17H25N3O2. The van der Waals surface area contributed by atoms with Crippen molar-refractivity contribution in [1.29, 1.82) is 0 Å². The van der Waals surface area contributed by atoms with Crippen molar-refractivity contribution in [3.8, 4) is 0 Å². The number of anilines is 1. The summed E-state index contributed by atoms with van der Waals surface area (Å²) in [5.41, 5.74) is 7.45. The summed E-state index contributed by atoms with van der Waals surface area (Å²) < 4.78 is 5.42. The Morgan fingerprint density at radius 2 is 1.73 bits per heavy atom. The van der Waals surface area contributed by atoms with E-state index >= 15 is 0 Å². The van der Waals surface area contributed by atoms with Crippen molar-refractivity contribution >= 4 is 11.6 Å². The number of nitrogens with two attached hydrogens (primary N) is 1. The number of piperazine rings is 1. The number of benzene rings is 1. The van der Waals surface area contributed by atoms with E-state index in [-0.39, 0.29) is 5.91 Å². The molecule has 0 radical (unpaired) electrons. The number of nitrogen functional groups attached to an aromatic ring is 1. The molecule has 2 aliphatic rings. The predicted molar refractivity (Wildman–Crippen MR) is 86.6 cm³/mol. The molecule has 1 amide bonds. The van der Waals surface area contributed by atoms with Gasteiger partial charge in [-0.15, -0.1) is 0 Å². The lowest BCUT2D eigenvalue weighted by Gasteiger charge is -2.40. The van der Waals surface area contributed by atoms with Crippen molar-refractivity contribution < 1.29 is 9.53 Å². The second-order valence-corrected chi connectivity index (χ2v) is 6.18. The lowest BCUT2D eigenvalue weighted by Crippen LogP contribution is -2.53. The van der Waals surface area contributed by atoms with Crippen molar-refractivity contribution in [3.05, 3.63) is 29.8 Å². The van der Waals surface area contributed by atoms with E-state index in [1.54, 1.807) is 0 Å². The molecule has 5 heteroatoms. The number of hydrogen-bond acceptors (Lipinski definition) is 4. The van der Waals surface area contributed by atoms with Gasteiger partial charge in [-0.3, -0.25) is 9.69 Å². The first-order chi connectivity index (χ1) is 10.7. The van der Waals surface area contributed by atoms with Gasteiger partial charge < -0.3 is 15.4 Å². The van der Waals surface area contributed by atoms with Gasteiger partial charge in [0.15, 0.2) is 0 Å². The topological polar surface area (TPSA) is 58.8 Å². The van der Waals surface area contributed by atoms with Crippen LogP contribution in [0.5, 0.6) is 0 Å². The van der Waals surface area contributed by atoms with Gasteiger partial charge >= 0.3 is 0 Å². The molecule has 1 aromatic rings. The number of rotatable bonds is 3. The maximum atomic E-state index is 12.4. The molecule has 2 heterocycles. The summed E-state index contributed by atoms with van der Waals surface area (Å²) in [5.74, 6) is 0.219. The fourth-order valence-electron chi connectivity index (χ4n) is 3.31. The molecular weight excluding hydrogens is 278 g/mol. The van der Waals surface area contributed by atoms with Crippen LogP contribution in [0, 0.1) is 0 Å². The van der Waals surface area contributed by atoms with Gasteiger partial charge in [0.2, 0.25) is 5.91 Å². The molecule has 0 bridgehead atoms. The number of hydrogen-bond donors (Lipinski definition) is 1. The second kappa shape index (κ2) is 7.11. The molecule has 0 aliphatic carbocycles. The van der Waals surface area contributed by atoms with Gasteiger partial charge in [0, 0.05) is 51.1 Å². The average molecular weight is 303 g/mol. The van der Waals surface area contributed by atoms with E-state index < -0.39 is 0 Å². The van der Waals surface area contributed by atoms with Crippen molar-refractivity contribution in [1.82, 2.24) is 9.80 Å². The molecule has 2 N–H and O–H groups in total. The van der Waals surface area contributed by atoms with E-state index in [9.17, 15) is 4.79 Å². The highest BCUT2D eigenvalue weighted by Crippen LogP contribution is 2.17. The van der Waals surface area contributed by atoms with Crippen molar-refractivity contribution in [3.63, 3.8) is 0 Å². The smallest absolute Gasteiger partial charge is 0.227 e. The highest BCUT2D eigenvalue weighted by atomic mass is 16.5. The van der Waals surface area contributed by atoms with Gasteiger partial charge in [0.1, 0.15) is 0 Å². The quantitative estimate of drug-likeness (QED) is 0.851. The summed E-state index contributed by atoms with van der Waals surface area (Å²) in [6.07, 6.45) is 2.72. The van der Waals surface area contributed by atoms with Crippen LogP contribution < -0.4 is 5.73 Å². The maximum absolute atomic E-state index is 12.4. The summed E-state index contributed by atoms with van der Waals surface area (Å²) in [6, 6.07) is 8.22. The zero-order valence-electron chi connectivity index (χ0n) is 13.0. The Morgan fingerprint density at radius 1 is 1.09 bits per heavy atom. The number of nitrogens with zero attached hydrogens (tertiary/aromatic N) is 2. The molecule has 1 aromatic carbocycles. The number of amides is 1. The normalized spacial score (nSPS) is 21.0. The van der Waals surface area contributed by atoms with E-state index in [0.717, 1.165) is 63.5 Å². The average Bonchev–Trinajstić information content (AvgIpc) is 2.58. The fourth-order valence-corrected chi connectivity index (χ4v) is 3.31. The van der Waals surface area contributed by atoms with Gasteiger partial charge in [-0.1, -0.05) is 12.1 Å². The van der Waals surface area contributed by atoms with Crippen molar-refractivity contribution in [2.75, 3.05) is 45.1 Å². The summed E-state index contributed by atoms with van der Waals surface area (Å²) in [4.78, 5) is 16.9. The summed E-state index contributed by atoms with van der Waals surface area (Å²) in [7, 11) is 0. The van der Waals surface area contributed by atoms with Crippen LogP contribution in [-0.2, 0) is 16.0 Å². The van der Waals surface area contributed by atoms with E-state index in [1.165, 1.54) is 0 Å². The third kappa shape index (κ3) is 3.78. The highest BCUT2D eigenvalue weighted by Gasteiger charge is 2.27. The third-order valence-corrected chi connectivity index (χ3v) is 4.71. The first-order valence-corrected chi connectivity index (χ1v) is 8.16. The van der Waals surface area contributed by atoms with E-state index in [2.05, 4.69) is 4.90 Å². The van der Waals surface area contributed by atoms with Crippen LogP contribution >= 0.6 is 0 Å². The number of carbonyl (C=O) groups is 1. The molecule has 0 saturated carbocycles. The first-order valence-electron chi connectivity index (χ1n) is 8.16. The van der Waals surface area contributed by atoms with Gasteiger partial charge in [-0.25, -0.2) is 0 Å². The van der Waals surface area contributed by atoms with Crippen LogP contribution in [0.3, 0.4) is 0 Å². The van der Waals surface area contributed by atoms with Gasteiger partial charge in [-0.2, -0.15) is 0 Å². The van der Waals surface area contributed by atoms with E-state index in [0.29, 0.717) is 12.5 Å². The molecule has 2 aliphatic heterocycles. The Kier molecular flexibility index (Phi) is 4.95. The zero-order valence-corrected chi connectivity index (χ0v) is 13.0. The monoisotopic (exact) mass is 303 g/mol. The Hall–Kier alpha value is -1.59. The van der Waals surface area contributed by atoms with Crippen LogP contribution in [-0.4, -0.2) is 61.1 Å². The minimum atomic E-state index is 0.219. The molecule has 5 nitrogen and oxygen atoms in total. The third-order valence-electron chi connectivity index (χ3n) is 4.71. The zero-order chi connectivity index (χ0) is 15.4. The summed E-state index contributed by atoms with van der Waals surface area (Å²) >= 11 is 0. The Bertz CT molecular complexity index is 489. The summed E-state index contributed by atoms with van der Waals surface area (Å²) in [6.45, 7) is 5.40. The Labute approximate surface area is 132 Å². The number of ether oxygens (including phenoxy) is 1. The summed E-state index contributed by atoms with van der Waals surface area (Å²) in [5, 5.41) is 0. The molecule has 0 unspecified atom stereocenters. The lowest BCUT2D eigenvalue weighted by molar-refractivity contribution is -0.132. The molecule has 0 atom stereocenters. The van der Waals surface area contributed by atoms with Gasteiger partial charge in [-0.05, 0) is 30.5 Å². The van der Waals surface area contributed by atoms with E-state index in [1.807, 2.05) is 29.2 Å². The fraction of sp³-hybridized carbons (Fsp3) is 0.588. The molecule has 2 saturated heterocycles.